The molecule has 0 aromatic rings. The SMILES string of the molecule is CCNC1CC(OCCOCCOC)C12CCCCC2. The molecule has 1 spiro atoms. The molecule has 0 aromatic carbocycles. The van der Waals surface area contributed by atoms with Crippen molar-refractivity contribution in [3.8, 4) is 0 Å². The van der Waals surface area contributed by atoms with Gasteiger partial charge in [0.05, 0.1) is 32.5 Å². The summed E-state index contributed by atoms with van der Waals surface area (Å²) in [5.74, 6) is 0. The first-order chi connectivity index (χ1) is 9.83. The first-order valence-electron chi connectivity index (χ1n) is 8.25. The normalized spacial score (nSPS) is 28.5. The summed E-state index contributed by atoms with van der Waals surface area (Å²) >= 11 is 0. The van der Waals surface area contributed by atoms with Gasteiger partial charge in [0.1, 0.15) is 0 Å². The van der Waals surface area contributed by atoms with Crippen LogP contribution in [0.4, 0.5) is 0 Å². The first kappa shape index (κ1) is 16.2. The van der Waals surface area contributed by atoms with Crippen molar-refractivity contribution in [2.24, 2.45) is 5.41 Å². The Morgan fingerprint density at radius 2 is 1.80 bits per heavy atom. The van der Waals surface area contributed by atoms with Crippen molar-refractivity contribution in [1.82, 2.24) is 5.32 Å². The Bertz CT molecular complexity index is 266. The molecule has 20 heavy (non-hydrogen) atoms. The highest BCUT2D eigenvalue weighted by Gasteiger charge is 2.55. The number of rotatable bonds is 9. The van der Waals surface area contributed by atoms with Crippen LogP contribution in [0.5, 0.6) is 0 Å². The summed E-state index contributed by atoms with van der Waals surface area (Å²) < 4.78 is 16.6. The Balaban J connectivity index is 1.71. The second-order valence-corrected chi connectivity index (χ2v) is 6.10. The van der Waals surface area contributed by atoms with Crippen LogP contribution in [0.2, 0.25) is 0 Å². The number of hydrogen-bond donors (Lipinski definition) is 1. The number of nitrogens with one attached hydrogen (secondary N) is 1. The molecule has 2 saturated carbocycles. The average molecular weight is 285 g/mol. The van der Waals surface area contributed by atoms with Gasteiger partial charge < -0.3 is 19.5 Å². The second kappa shape index (κ2) is 8.32. The summed E-state index contributed by atoms with van der Waals surface area (Å²) in [6.45, 7) is 6.00. The van der Waals surface area contributed by atoms with E-state index in [4.69, 9.17) is 14.2 Å². The first-order valence-corrected chi connectivity index (χ1v) is 8.25. The average Bonchev–Trinajstić information content (AvgIpc) is 2.49. The van der Waals surface area contributed by atoms with Gasteiger partial charge in [-0.15, -0.1) is 0 Å². The van der Waals surface area contributed by atoms with Crippen molar-refractivity contribution in [2.45, 2.75) is 57.6 Å². The van der Waals surface area contributed by atoms with Crippen molar-refractivity contribution < 1.29 is 14.2 Å². The van der Waals surface area contributed by atoms with Crippen LogP contribution in [-0.4, -0.2) is 52.2 Å². The molecule has 2 aliphatic carbocycles. The maximum absolute atomic E-state index is 6.12. The molecular weight excluding hydrogens is 254 g/mol. The van der Waals surface area contributed by atoms with Gasteiger partial charge in [-0.3, -0.25) is 0 Å². The molecule has 2 rings (SSSR count). The Morgan fingerprint density at radius 1 is 1.05 bits per heavy atom. The standard InChI is InChI=1S/C16H31NO3/c1-3-17-14-13-15(16(14)7-5-4-6-8-16)20-12-11-19-10-9-18-2/h14-15,17H,3-13H2,1-2H3. The fourth-order valence-corrected chi connectivity index (χ4v) is 3.89. The molecule has 0 amide bonds. The number of methoxy groups -OCH3 is 1. The quantitative estimate of drug-likeness (QED) is 0.660. The maximum Gasteiger partial charge on any atom is 0.0704 e. The van der Waals surface area contributed by atoms with Crippen molar-refractivity contribution >= 4 is 0 Å². The Labute approximate surface area is 123 Å². The van der Waals surface area contributed by atoms with E-state index in [9.17, 15) is 0 Å². The summed E-state index contributed by atoms with van der Waals surface area (Å²) in [5.41, 5.74) is 0.417. The smallest absolute Gasteiger partial charge is 0.0704 e. The van der Waals surface area contributed by atoms with E-state index in [0.717, 1.165) is 13.2 Å². The third-order valence-electron chi connectivity index (χ3n) is 5.00. The molecule has 4 heteroatoms. The van der Waals surface area contributed by atoms with Crippen molar-refractivity contribution in [1.29, 1.82) is 0 Å². The minimum Gasteiger partial charge on any atom is -0.382 e. The van der Waals surface area contributed by atoms with E-state index in [1.807, 2.05) is 0 Å². The Morgan fingerprint density at radius 3 is 2.50 bits per heavy atom. The van der Waals surface area contributed by atoms with Crippen molar-refractivity contribution in [3.05, 3.63) is 0 Å². The summed E-state index contributed by atoms with van der Waals surface area (Å²) in [4.78, 5) is 0. The van der Waals surface area contributed by atoms with Crippen LogP contribution in [-0.2, 0) is 14.2 Å². The summed E-state index contributed by atoms with van der Waals surface area (Å²) in [6.07, 6.45) is 8.41. The molecule has 2 atom stereocenters. The number of hydrogen-bond acceptors (Lipinski definition) is 4. The van der Waals surface area contributed by atoms with E-state index in [1.165, 1.54) is 38.5 Å². The molecular formula is C16H31NO3. The molecule has 0 aliphatic heterocycles. The lowest BCUT2D eigenvalue weighted by atomic mass is 9.55. The van der Waals surface area contributed by atoms with E-state index < -0.39 is 0 Å². The minimum atomic E-state index is 0.417. The highest BCUT2D eigenvalue weighted by molar-refractivity contribution is 5.08. The van der Waals surface area contributed by atoms with Gasteiger partial charge in [0.25, 0.3) is 0 Å². The third kappa shape index (κ3) is 3.73. The molecule has 4 nitrogen and oxygen atoms in total. The zero-order valence-electron chi connectivity index (χ0n) is 13.2. The molecule has 1 N–H and O–H groups in total. The highest BCUT2D eigenvalue weighted by Crippen LogP contribution is 2.53. The van der Waals surface area contributed by atoms with Gasteiger partial charge in [-0.05, 0) is 25.8 Å². The maximum atomic E-state index is 6.12. The van der Waals surface area contributed by atoms with Crippen LogP contribution >= 0.6 is 0 Å². The van der Waals surface area contributed by atoms with Gasteiger partial charge in [0, 0.05) is 18.6 Å². The van der Waals surface area contributed by atoms with E-state index in [-0.39, 0.29) is 0 Å². The Hall–Kier alpha value is -0.160. The van der Waals surface area contributed by atoms with E-state index in [2.05, 4.69) is 12.2 Å². The molecule has 2 unspecified atom stereocenters. The predicted molar refractivity (Wildman–Crippen MR) is 80.0 cm³/mol. The van der Waals surface area contributed by atoms with Gasteiger partial charge in [-0.25, -0.2) is 0 Å². The second-order valence-electron chi connectivity index (χ2n) is 6.10. The minimum absolute atomic E-state index is 0.417. The van der Waals surface area contributed by atoms with Gasteiger partial charge in [0.15, 0.2) is 0 Å². The summed E-state index contributed by atoms with van der Waals surface area (Å²) in [5, 5.41) is 3.66. The molecule has 0 heterocycles. The zero-order valence-corrected chi connectivity index (χ0v) is 13.2. The van der Waals surface area contributed by atoms with Crippen LogP contribution in [0.1, 0.15) is 45.4 Å². The van der Waals surface area contributed by atoms with Gasteiger partial charge in [-0.2, -0.15) is 0 Å². The summed E-state index contributed by atoms with van der Waals surface area (Å²) in [6, 6.07) is 0.673. The topological polar surface area (TPSA) is 39.7 Å². The molecule has 0 radical (unpaired) electrons. The van der Waals surface area contributed by atoms with Crippen molar-refractivity contribution in [2.75, 3.05) is 40.1 Å². The monoisotopic (exact) mass is 285 g/mol. The van der Waals surface area contributed by atoms with Crippen LogP contribution < -0.4 is 5.32 Å². The fourth-order valence-electron chi connectivity index (χ4n) is 3.89. The van der Waals surface area contributed by atoms with E-state index in [1.54, 1.807) is 7.11 Å². The zero-order chi connectivity index (χ0) is 14.3. The van der Waals surface area contributed by atoms with Gasteiger partial charge in [-0.1, -0.05) is 26.2 Å². The van der Waals surface area contributed by atoms with Crippen LogP contribution in [0.25, 0.3) is 0 Å². The lowest BCUT2D eigenvalue weighted by molar-refractivity contribution is -0.159. The van der Waals surface area contributed by atoms with Crippen LogP contribution in [0.3, 0.4) is 0 Å². The highest BCUT2D eigenvalue weighted by atomic mass is 16.5. The molecule has 0 aromatic heterocycles. The summed E-state index contributed by atoms with van der Waals surface area (Å²) in [7, 11) is 1.70. The van der Waals surface area contributed by atoms with Gasteiger partial charge in [0.2, 0.25) is 0 Å². The fraction of sp³-hybridized carbons (Fsp3) is 1.00. The molecule has 118 valence electrons. The molecule has 0 bridgehead atoms. The molecule has 0 saturated heterocycles. The Kier molecular flexibility index (Phi) is 6.75. The van der Waals surface area contributed by atoms with E-state index in [0.29, 0.717) is 37.4 Å². The van der Waals surface area contributed by atoms with Gasteiger partial charge >= 0.3 is 0 Å². The third-order valence-corrected chi connectivity index (χ3v) is 5.00. The van der Waals surface area contributed by atoms with Crippen molar-refractivity contribution in [3.63, 3.8) is 0 Å². The lowest BCUT2D eigenvalue weighted by Gasteiger charge is -2.58. The van der Waals surface area contributed by atoms with Crippen LogP contribution in [0, 0.1) is 5.41 Å². The largest absolute Gasteiger partial charge is 0.382 e. The number of ether oxygens (including phenoxy) is 3. The molecule has 2 aliphatic rings. The predicted octanol–water partition coefficient (Wildman–Crippen LogP) is 2.37. The molecule has 2 fully saturated rings. The van der Waals surface area contributed by atoms with Crippen LogP contribution in [0.15, 0.2) is 0 Å². The lowest BCUT2D eigenvalue weighted by Crippen LogP contribution is -2.64. The van der Waals surface area contributed by atoms with E-state index >= 15 is 0 Å².